The second-order valence-corrected chi connectivity index (χ2v) is 6.09. The topological polar surface area (TPSA) is 65.0 Å². The van der Waals surface area contributed by atoms with E-state index in [1.54, 1.807) is 13.8 Å². The lowest BCUT2D eigenvalue weighted by Crippen LogP contribution is -2.21. The number of nitroso groups, excluding NO2 is 1. The lowest BCUT2D eigenvalue weighted by atomic mass is 10.4. The SMILES string of the molecule is COP(=O)(OC(C)C)C(C)(C)N=O. The third kappa shape index (κ3) is 2.86. The second-order valence-electron chi connectivity index (χ2n) is 3.42. The van der Waals surface area contributed by atoms with Gasteiger partial charge in [0.05, 0.1) is 6.10 Å². The summed E-state index contributed by atoms with van der Waals surface area (Å²) in [5.74, 6) is 0. The van der Waals surface area contributed by atoms with Crippen molar-refractivity contribution in [3.63, 3.8) is 0 Å². The summed E-state index contributed by atoms with van der Waals surface area (Å²) in [6.07, 6.45) is -0.271. The van der Waals surface area contributed by atoms with Gasteiger partial charge in [-0.2, -0.15) is 0 Å². The van der Waals surface area contributed by atoms with E-state index in [0.29, 0.717) is 0 Å². The molecule has 0 aliphatic carbocycles. The number of hydrogen-bond acceptors (Lipinski definition) is 5. The molecule has 0 spiro atoms. The Morgan fingerprint density at radius 3 is 2.08 bits per heavy atom. The summed E-state index contributed by atoms with van der Waals surface area (Å²) in [6.45, 7) is 6.28. The lowest BCUT2D eigenvalue weighted by molar-refractivity contribution is 0.173. The van der Waals surface area contributed by atoms with Gasteiger partial charge in [0.1, 0.15) is 0 Å². The molecule has 0 rings (SSSR count). The lowest BCUT2D eigenvalue weighted by Gasteiger charge is -2.27. The van der Waals surface area contributed by atoms with E-state index in [9.17, 15) is 9.47 Å². The Balaban J connectivity index is 4.83. The molecule has 0 aliphatic rings. The Morgan fingerprint density at radius 1 is 1.38 bits per heavy atom. The minimum atomic E-state index is -3.44. The zero-order valence-corrected chi connectivity index (χ0v) is 9.50. The second kappa shape index (κ2) is 4.31. The molecular formula is C7H16NO4P. The van der Waals surface area contributed by atoms with Crippen molar-refractivity contribution in [2.24, 2.45) is 5.18 Å². The molecule has 0 amide bonds. The first-order valence-corrected chi connectivity index (χ1v) is 5.52. The van der Waals surface area contributed by atoms with Gasteiger partial charge in [0.25, 0.3) is 0 Å². The molecule has 5 nitrogen and oxygen atoms in total. The van der Waals surface area contributed by atoms with Crippen molar-refractivity contribution >= 4 is 7.60 Å². The highest BCUT2D eigenvalue weighted by Gasteiger charge is 2.45. The van der Waals surface area contributed by atoms with E-state index in [0.717, 1.165) is 0 Å². The van der Waals surface area contributed by atoms with Gasteiger partial charge in [0.15, 0.2) is 5.28 Å². The van der Waals surface area contributed by atoms with Crippen LogP contribution in [-0.2, 0) is 13.6 Å². The number of nitrogens with zero attached hydrogens (tertiary/aromatic N) is 1. The molecule has 0 saturated heterocycles. The van der Waals surface area contributed by atoms with E-state index in [1.807, 2.05) is 0 Å². The van der Waals surface area contributed by atoms with Crippen LogP contribution in [0.2, 0.25) is 0 Å². The van der Waals surface area contributed by atoms with E-state index in [2.05, 4.69) is 5.18 Å². The fourth-order valence-corrected chi connectivity index (χ4v) is 2.17. The van der Waals surface area contributed by atoms with Gasteiger partial charge in [0.2, 0.25) is 0 Å². The minimum Gasteiger partial charge on any atom is -0.310 e. The molecule has 0 fully saturated rings. The highest BCUT2D eigenvalue weighted by Crippen LogP contribution is 2.60. The van der Waals surface area contributed by atoms with Crippen LogP contribution < -0.4 is 0 Å². The van der Waals surface area contributed by atoms with Gasteiger partial charge in [-0.15, -0.1) is 4.91 Å². The van der Waals surface area contributed by atoms with Gasteiger partial charge in [-0.1, -0.05) is 5.18 Å². The Kier molecular flexibility index (Phi) is 4.23. The van der Waals surface area contributed by atoms with Crippen molar-refractivity contribution in [3.8, 4) is 0 Å². The van der Waals surface area contributed by atoms with Crippen molar-refractivity contribution in [3.05, 3.63) is 4.91 Å². The highest BCUT2D eigenvalue weighted by molar-refractivity contribution is 7.55. The van der Waals surface area contributed by atoms with Crippen LogP contribution in [0.1, 0.15) is 27.7 Å². The normalized spacial score (nSPS) is 17.1. The molecule has 0 aromatic heterocycles. The Hall–Kier alpha value is -0.250. The number of hydrogen-bond donors (Lipinski definition) is 0. The zero-order chi connectivity index (χ0) is 10.7. The molecule has 1 atom stereocenters. The molecular weight excluding hydrogens is 193 g/mol. The first-order valence-electron chi connectivity index (χ1n) is 3.98. The molecule has 0 heterocycles. The molecule has 0 radical (unpaired) electrons. The van der Waals surface area contributed by atoms with Crippen molar-refractivity contribution < 1.29 is 13.6 Å². The van der Waals surface area contributed by atoms with Crippen molar-refractivity contribution in [2.45, 2.75) is 39.1 Å². The maximum atomic E-state index is 11.9. The molecule has 78 valence electrons. The summed E-state index contributed by atoms with van der Waals surface area (Å²) >= 11 is 0. The number of rotatable bonds is 5. The van der Waals surface area contributed by atoms with Crippen LogP contribution in [0.25, 0.3) is 0 Å². The summed E-state index contributed by atoms with van der Waals surface area (Å²) in [5, 5.41) is 1.41. The minimum absolute atomic E-state index is 0.271. The van der Waals surface area contributed by atoms with Crippen LogP contribution in [0.5, 0.6) is 0 Å². The van der Waals surface area contributed by atoms with Gasteiger partial charge in [-0.3, -0.25) is 4.57 Å². The van der Waals surface area contributed by atoms with E-state index in [-0.39, 0.29) is 6.10 Å². The van der Waals surface area contributed by atoms with Gasteiger partial charge < -0.3 is 9.05 Å². The summed E-state index contributed by atoms with van der Waals surface area (Å²) in [7, 11) is -2.19. The fraction of sp³-hybridized carbons (Fsp3) is 1.00. The zero-order valence-electron chi connectivity index (χ0n) is 8.60. The van der Waals surface area contributed by atoms with Crippen LogP contribution in [0, 0.1) is 4.91 Å². The Labute approximate surface area is 78.3 Å². The predicted molar refractivity (Wildman–Crippen MR) is 50.7 cm³/mol. The molecule has 0 aromatic carbocycles. The smallest absolute Gasteiger partial charge is 0.310 e. The van der Waals surface area contributed by atoms with E-state index < -0.39 is 12.9 Å². The Bertz CT molecular complexity index is 227. The van der Waals surface area contributed by atoms with Crippen LogP contribution in [-0.4, -0.2) is 18.5 Å². The van der Waals surface area contributed by atoms with Crippen LogP contribution in [0.15, 0.2) is 5.18 Å². The van der Waals surface area contributed by atoms with E-state index >= 15 is 0 Å². The average molecular weight is 209 g/mol. The maximum absolute atomic E-state index is 11.9. The molecule has 0 N–H and O–H groups in total. The average Bonchev–Trinajstić information content (AvgIpc) is 2.02. The van der Waals surface area contributed by atoms with Crippen LogP contribution >= 0.6 is 7.60 Å². The van der Waals surface area contributed by atoms with Crippen LogP contribution in [0.4, 0.5) is 0 Å². The first-order chi connectivity index (χ1) is 5.79. The third-order valence-corrected chi connectivity index (χ3v) is 4.09. The quantitative estimate of drug-likeness (QED) is 0.515. The third-order valence-electron chi connectivity index (χ3n) is 1.48. The Morgan fingerprint density at radius 2 is 1.85 bits per heavy atom. The summed E-state index contributed by atoms with van der Waals surface area (Å²) in [4.78, 5) is 10.4. The van der Waals surface area contributed by atoms with Crippen molar-refractivity contribution in [1.29, 1.82) is 0 Å². The predicted octanol–water partition coefficient (Wildman–Crippen LogP) is 2.75. The first kappa shape index (κ1) is 12.8. The molecule has 1 unspecified atom stereocenters. The summed E-state index contributed by atoms with van der Waals surface area (Å²) in [5.41, 5.74) is 0. The van der Waals surface area contributed by atoms with E-state index in [1.165, 1.54) is 21.0 Å². The van der Waals surface area contributed by atoms with Crippen molar-refractivity contribution in [2.75, 3.05) is 7.11 Å². The standard InChI is InChI=1S/C7H16NO4P/c1-6(2)12-13(10,11-5)7(3,4)8-9/h6H,1-5H3. The molecule has 13 heavy (non-hydrogen) atoms. The van der Waals surface area contributed by atoms with Crippen molar-refractivity contribution in [1.82, 2.24) is 0 Å². The molecule has 0 aromatic rings. The van der Waals surface area contributed by atoms with Gasteiger partial charge in [0, 0.05) is 7.11 Å². The largest absolute Gasteiger partial charge is 0.361 e. The van der Waals surface area contributed by atoms with Crippen LogP contribution in [0.3, 0.4) is 0 Å². The van der Waals surface area contributed by atoms with Gasteiger partial charge in [-0.05, 0) is 27.7 Å². The maximum Gasteiger partial charge on any atom is 0.361 e. The summed E-state index contributed by atoms with van der Waals surface area (Å²) in [6, 6.07) is 0. The molecule has 0 aliphatic heterocycles. The van der Waals surface area contributed by atoms with E-state index in [4.69, 9.17) is 9.05 Å². The molecule has 0 saturated carbocycles. The fourth-order valence-electron chi connectivity index (χ4n) is 0.723. The summed E-state index contributed by atoms with van der Waals surface area (Å²) < 4.78 is 21.7. The van der Waals surface area contributed by atoms with Gasteiger partial charge >= 0.3 is 7.60 Å². The molecule has 0 bridgehead atoms. The monoisotopic (exact) mass is 209 g/mol. The van der Waals surface area contributed by atoms with Gasteiger partial charge in [-0.25, -0.2) is 0 Å². The highest BCUT2D eigenvalue weighted by atomic mass is 31.2. The molecule has 6 heteroatoms.